The number of fused-ring (bicyclic) bond motifs is 2. The van der Waals surface area contributed by atoms with E-state index in [0.29, 0.717) is 23.7 Å². The van der Waals surface area contributed by atoms with E-state index < -0.39 is 0 Å². The second-order valence-electron chi connectivity index (χ2n) is 7.32. The Bertz CT molecular complexity index is 1290. The van der Waals surface area contributed by atoms with Crippen LogP contribution in [0, 0.1) is 0 Å². The Hall–Kier alpha value is -2.74. The van der Waals surface area contributed by atoms with E-state index >= 15 is 0 Å². The van der Waals surface area contributed by atoms with Gasteiger partial charge in [-0.2, -0.15) is 0 Å². The molecule has 0 bridgehead atoms. The van der Waals surface area contributed by atoms with Crippen LogP contribution < -0.4 is 5.32 Å². The number of rotatable bonds is 3. The summed E-state index contributed by atoms with van der Waals surface area (Å²) in [6, 6.07) is 15.0. The molecule has 0 saturated heterocycles. The maximum atomic E-state index is 13.0. The molecular weight excluding hydrogens is 450 g/mol. The van der Waals surface area contributed by atoms with Gasteiger partial charge in [0, 0.05) is 23.9 Å². The predicted octanol–water partition coefficient (Wildman–Crippen LogP) is 5.84. The Labute approximate surface area is 192 Å². The molecular formula is C23H18ClN3O2S2. The van der Waals surface area contributed by atoms with E-state index in [0.717, 1.165) is 42.7 Å². The molecule has 8 heteroatoms. The zero-order valence-electron chi connectivity index (χ0n) is 16.6. The van der Waals surface area contributed by atoms with Crippen molar-refractivity contribution in [3.63, 3.8) is 0 Å². The number of halogens is 1. The molecule has 0 saturated carbocycles. The smallest absolute Gasteiger partial charge is 0.257 e. The van der Waals surface area contributed by atoms with Gasteiger partial charge in [-0.15, -0.1) is 22.7 Å². The number of nitrogens with one attached hydrogen (secondary N) is 1. The number of thiophene rings is 1. The molecule has 0 spiro atoms. The average molecular weight is 468 g/mol. The first-order chi connectivity index (χ1) is 15.0. The summed E-state index contributed by atoms with van der Waals surface area (Å²) >= 11 is 9.37. The van der Waals surface area contributed by atoms with Crippen LogP contribution >= 0.6 is 34.3 Å². The highest BCUT2D eigenvalue weighted by atomic mass is 35.5. The monoisotopic (exact) mass is 467 g/mol. The van der Waals surface area contributed by atoms with Crippen molar-refractivity contribution in [2.45, 2.75) is 19.9 Å². The zero-order chi connectivity index (χ0) is 21.5. The molecule has 1 aliphatic heterocycles. The fourth-order valence-corrected chi connectivity index (χ4v) is 6.37. The minimum atomic E-state index is -0.255. The molecule has 1 aliphatic rings. The second-order valence-corrected chi connectivity index (χ2v) is 9.86. The van der Waals surface area contributed by atoms with Crippen molar-refractivity contribution in [2.75, 3.05) is 11.9 Å². The van der Waals surface area contributed by atoms with Crippen LogP contribution in [0.3, 0.4) is 0 Å². The summed E-state index contributed by atoms with van der Waals surface area (Å²) in [6.45, 7) is 2.80. The number of benzene rings is 2. The van der Waals surface area contributed by atoms with Crippen LogP contribution in [-0.2, 0) is 17.8 Å². The van der Waals surface area contributed by atoms with Crippen molar-refractivity contribution in [3.05, 3.63) is 69.6 Å². The fourth-order valence-electron chi connectivity index (χ4n) is 3.78. The van der Waals surface area contributed by atoms with E-state index in [1.165, 1.54) is 11.3 Å². The number of carbonyl (C=O) groups excluding carboxylic acids is 2. The number of aromatic nitrogens is 1. The molecule has 0 unspecified atom stereocenters. The number of anilines is 1. The number of nitrogens with zero attached hydrogens (tertiary/aromatic N) is 2. The highest BCUT2D eigenvalue weighted by Crippen LogP contribution is 2.45. The van der Waals surface area contributed by atoms with Crippen molar-refractivity contribution in [1.82, 2.24) is 9.88 Å². The van der Waals surface area contributed by atoms with E-state index in [-0.39, 0.29) is 11.8 Å². The quantitative estimate of drug-likeness (QED) is 0.412. The number of amides is 2. The van der Waals surface area contributed by atoms with Crippen molar-refractivity contribution < 1.29 is 9.59 Å². The molecule has 0 fully saturated rings. The lowest BCUT2D eigenvalue weighted by molar-refractivity contribution is -0.129. The fraction of sp³-hybridized carbons (Fsp3) is 0.174. The minimum absolute atomic E-state index is 0.0576. The van der Waals surface area contributed by atoms with Crippen LogP contribution in [0.25, 0.3) is 20.8 Å². The SMILES string of the molecule is CC(=O)N1CCc2c(sc(NC(=O)c3ccccc3Cl)c2-c2nc3ccccc3s2)C1. The van der Waals surface area contributed by atoms with Gasteiger partial charge in [-0.1, -0.05) is 35.9 Å². The summed E-state index contributed by atoms with van der Waals surface area (Å²) in [5.74, 6) is -0.197. The molecule has 2 amide bonds. The van der Waals surface area contributed by atoms with E-state index in [9.17, 15) is 9.59 Å². The van der Waals surface area contributed by atoms with Gasteiger partial charge >= 0.3 is 0 Å². The lowest BCUT2D eigenvalue weighted by Gasteiger charge is -2.26. The first-order valence-corrected chi connectivity index (χ1v) is 11.8. The summed E-state index contributed by atoms with van der Waals surface area (Å²) in [6.07, 6.45) is 0.735. The lowest BCUT2D eigenvalue weighted by atomic mass is 10.0. The third kappa shape index (κ3) is 3.73. The normalized spacial score (nSPS) is 13.3. The Morgan fingerprint density at radius 2 is 1.87 bits per heavy atom. The molecule has 2 aromatic carbocycles. The van der Waals surface area contributed by atoms with Gasteiger partial charge in [0.15, 0.2) is 0 Å². The van der Waals surface area contributed by atoms with Crippen LogP contribution in [-0.4, -0.2) is 28.2 Å². The molecule has 4 aromatic rings. The van der Waals surface area contributed by atoms with Crippen molar-refractivity contribution >= 4 is 61.3 Å². The standard InChI is InChI=1S/C23H18ClN3O2S2/c1-13(28)27-11-10-15-19(12-27)31-23(26-21(29)14-6-2-3-7-16(14)24)20(15)22-25-17-8-4-5-9-18(17)30-22/h2-9H,10-12H2,1H3,(H,26,29). The Morgan fingerprint density at radius 3 is 2.65 bits per heavy atom. The largest absolute Gasteiger partial charge is 0.337 e. The van der Waals surface area contributed by atoms with Gasteiger partial charge in [-0.25, -0.2) is 4.98 Å². The predicted molar refractivity (Wildman–Crippen MR) is 127 cm³/mol. The zero-order valence-corrected chi connectivity index (χ0v) is 19.0. The van der Waals surface area contributed by atoms with Crippen LogP contribution in [0.15, 0.2) is 48.5 Å². The van der Waals surface area contributed by atoms with Crippen LogP contribution in [0.4, 0.5) is 5.00 Å². The number of carbonyl (C=O) groups is 2. The van der Waals surface area contributed by atoms with Gasteiger partial charge in [0.25, 0.3) is 5.91 Å². The van der Waals surface area contributed by atoms with Gasteiger partial charge in [-0.05, 0) is 36.2 Å². The van der Waals surface area contributed by atoms with E-state index in [1.54, 1.807) is 42.5 Å². The Morgan fingerprint density at radius 1 is 1.10 bits per heavy atom. The highest BCUT2D eigenvalue weighted by Gasteiger charge is 2.29. The van der Waals surface area contributed by atoms with Gasteiger partial charge in [0.2, 0.25) is 5.91 Å². The van der Waals surface area contributed by atoms with E-state index in [1.807, 2.05) is 23.1 Å². The lowest BCUT2D eigenvalue weighted by Crippen LogP contribution is -2.33. The van der Waals surface area contributed by atoms with Crippen molar-refractivity contribution in [1.29, 1.82) is 0 Å². The summed E-state index contributed by atoms with van der Waals surface area (Å²) in [5.41, 5.74) is 3.49. The molecule has 5 rings (SSSR count). The van der Waals surface area contributed by atoms with Crippen molar-refractivity contribution in [2.24, 2.45) is 0 Å². The summed E-state index contributed by atoms with van der Waals surface area (Å²) in [7, 11) is 0. The minimum Gasteiger partial charge on any atom is -0.337 e. The third-order valence-corrected chi connectivity index (χ3v) is 7.87. The van der Waals surface area contributed by atoms with Crippen LogP contribution in [0.5, 0.6) is 0 Å². The molecule has 156 valence electrons. The van der Waals surface area contributed by atoms with Gasteiger partial charge in [-0.3, -0.25) is 9.59 Å². The van der Waals surface area contributed by atoms with Gasteiger partial charge in [0.1, 0.15) is 10.0 Å². The molecule has 3 heterocycles. The molecule has 31 heavy (non-hydrogen) atoms. The number of para-hydroxylation sites is 1. The molecule has 0 radical (unpaired) electrons. The highest BCUT2D eigenvalue weighted by molar-refractivity contribution is 7.23. The first-order valence-electron chi connectivity index (χ1n) is 9.83. The van der Waals surface area contributed by atoms with E-state index in [4.69, 9.17) is 16.6 Å². The summed E-state index contributed by atoms with van der Waals surface area (Å²) in [5, 5.41) is 5.11. The maximum absolute atomic E-state index is 13.0. The van der Waals surface area contributed by atoms with Gasteiger partial charge < -0.3 is 10.2 Å². The number of hydrogen-bond donors (Lipinski definition) is 1. The van der Waals surface area contributed by atoms with E-state index in [2.05, 4.69) is 11.4 Å². The number of thiazole rings is 1. The molecule has 2 aromatic heterocycles. The molecule has 0 atom stereocenters. The summed E-state index contributed by atoms with van der Waals surface area (Å²) in [4.78, 5) is 32.7. The topological polar surface area (TPSA) is 62.3 Å². The van der Waals surface area contributed by atoms with Crippen LogP contribution in [0.2, 0.25) is 5.02 Å². The average Bonchev–Trinajstić information content (AvgIpc) is 3.33. The Balaban J connectivity index is 1.60. The van der Waals surface area contributed by atoms with Crippen LogP contribution in [0.1, 0.15) is 27.7 Å². The molecule has 1 N–H and O–H groups in total. The second kappa shape index (κ2) is 8.07. The molecule has 5 nitrogen and oxygen atoms in total. The molecule has 0 aliphatic carbocycles. The summed E-state index contributed by atoms with van der Waals surface area (Å²) < 4.78 is 1.10. The maximum Gasteiger partial charge on any atom is 0.257 e. The van der Waals surface area contributed by atoms with Crippen molar-refractivity contribution in [3.8, 4) is 10.6 Å². The number of hydrogen-bond acceptors (Lipinski definition) is 5. The first kappa shape index (κ1) is 20.2. The Kier molecular flexibility index (Phi) is 5.25. The third-order valence-electron chi connectivity index (χ3n) is 5.36. The van der Waals surface area contributed by atoms with Gasteiger partial charge in [0.05, 0.1) is 27.3 Å².